The fourth-order valence-electron chi connectivity index (χ4n) is 2.34. The highest BCUT2D eigenvalue weighted by Gasteiger charge is 2.15. The molecule has 0 saturated heterocycles. The van der Waals surface area contributed by atoms with Crippen LogP contribution < -0.4 is 5.73 Å². The molecule has 2 aromatic rings. The van der Waals surface area contributed by atoms with Crippen LogP contribution in [0.5, 0.6) is 0 Å². The first-order valence-electron chi connectivity index (χ1n) is 7.28. The highest BCUT2D eigenvalue weighted by atomic mass is 19.1. The zero-order chi connectivity index (χ0) is 14.5. The normalized spacial score (nSPS) is 10.9. The average molecular weight is 275 g/mol. The molecule has 4 heteroatoms. The van der Waals surface area contributed by atoms with Crippen molar-refractivity contribution in [2.45, 2.75) is 46.1 Å². The van der Waals surface area contributed by atoms with Crippen LogP contribution in [0.15, 0.2) is 24.3 Å². The quantitative estimate of drug-likeness (QED) is 0.865. The Morgan fingerprint density at radius 3 is 2.70 bits per heavy atom. The van der Waals surface area contributed by atoms with Crippen LogP contribution in [-0.2, 0) is 13.0 Å². The second-order valence-corrected chi connectivity index (χ2v) is 5.03. The van der Waals surface area contributed by atoms with Gasteiger partial charge < -0.3 is 10.3 Å². The van der Waals surface area contributed by atoms with Crippen LogP contribution >= 0.6 is 0 Å². The van der Waals surface area contributed by atoms with E-state index in [9.17, 15) is 4.39 Å². The van der Waals surface area contributed by atoms with E-state index < -0.39 is 0 Å². The number of rotatable bonds is 6. The van der Waals surface area contributed by atoms with Crippen molar-refractivity contribution in [2.24, 2.45) is 0 Å². The van der Waals surface area contributed by atoms with Crippen LogP contribution in [-0.4, -0.2) is 9.55 Å². The number of aryl methyl sites for hydroxylation is 1. The third-order valence-corrected chi connectivity index (χ3v) is 3.39. The van der Waals surface area contributed by atoms with Crippen LogP contribution in [0.1, 0.15) is 38.9 Å². The number of hydrogen-bond acceptors (Lipinski definition) is 2. The number of unbranched alkanes of at least 4 members (excludes halogenated alkanes) is 1. The van der Waals surface area contributed by atoms with Gasteiger partial charge >= 0.3 is 0 Å². The lowest BCUT2D eigenvalue weighted by atomic mass is 10.1. The van der Waals surface area contributed by atoms with Crippen molar-refractivity contribution in [3.8, 4) is 11.3 Å². The first-order chi connectivity index (χ1) is 9.67. The summed E-state index contributed by atoms with van der Waals surface area (Å²) in [7, 11) is 0. The molecule has 0 aliphatic heterocycles. The van der Waals surface area contributed by atoms with Crippen LogP contribution in [0, 0.1) is 5.82 Å². The molecule has 108 valence electrons. The zero-order valence-electron chi connectivity index (χ0n) is 12.2. The lowest BCUT2D eigenvalue weighted by Crippen LogP contribution is -2.07. The van der Waals surface area contributed by atoms with Crippen LogP contribution in [0.3, 0.4) is 0 Å². The Labute approximate surface area is 119 Å². The van der Waals surface area contributed by atoms with Crippen molar-refractivity contribution in [1.82, 2.24) is 9.55 Å². The van der Waals surface area contributed by atoms with Crippen molar-refractivity contribution in [1.29, 1.82) is 0 Å². The van der Waals surface area contributed by atoms with E-state index in [0.717, 1.165) is 43.6 Å². The fraction of sp³-hybridized carbons (Fsp3) is 0.438. The molecular formula is C16H22FN3. The third-order valence-electron chi connectivity index (χ3n) is 3.39. The first kappa shape index (κ1) is 14.6. The molecule has 20 heavy (non-hydrogen) atoms. The van der Waals surface area contributed by atoms with Gasteiger partial charge in [-0.1, -0.05) is 32.4 Å². The lowest BCUT2D eigenvalue weighted by molar-refractivity contribution is 0.604. The van der Waals surface area contributed by atoms with E-state index >= 15 is 0 Å². The molecule has 0 fully saturated rings. The van der Waals surface area contributed by atoms with Crippen molar-refractivity contribution in [3.05, 3.63) is 35.9 Å². The Bertz CT molecular complexity index is 575. The number of halogens is 1. The standard InChI is InChI=1S/C16H22FN3/c1-3-5-10-20-14(7-4-2)19-15(16(20)18)12-8-6-9-13(17)11-12/h6,8-9,11H,3-5,7,10,18H2,1-2H3. The predicted molar refractivity (Wildman–Crippen MR) is 80.9 cm³/mol. The molecule has 0 aliphatic carbocycles. The van der Waals surface area contributed by atoms with Gasteiger partial charge in [0.1, 0.15) is 23.2 Å². The highest BCUT2D eigenvalue weighted by Crippen LogP contribution is 2.27. The monoisotopic (exact) mass is 275 g/mol. The summed E-state index contributed by atoms with van der Waals surface area (Å²) >= 11 is 0. The van der Waals surface area contributed by atoms with Crippen molar-refractivity contribution in [3.63, 3.8) is 0 Å². The average Bonchev–Trinajstić information content (AvgIpc) is 2.74. The van der Waals surface area contributed by atoms with Gasteiger partial charge in [0.2, 0.25) is 0 Å². The third kappa shape index (κ3) is 3.00. The maximum absolute atomic E-state index is 13.4. The van der Waals surface area contributed by atoms with Crippen molar-refractivity contribution >= 4 is 5.82 Å². The summed E-state index contributed by atoms with van der Waals surface area (Å²) < 4.78 is 15.4. The summed E-state index contributed by atoms with van der Waals surface area (Å²) in [5.74, 6) is 1.38. The molecule has 0 aliphatic rings. The van der Waals surface area contributed by atoms with Gasteiger partial charge in [-0.3, -0.25) is 0 Å². The van der Waals surface area contributed by atoms with E-state index in [1.165, 1.54) is 12.1 Å². The first-order valence-corrected chi connectivity index (χ1v) is 7.28. The fourth-order valence-corrected chi connectivity index (χ4v) is 2.34. The molecule has 1 aromatic heterocycles. The number of imidazole rings is 1. The topological polar surface area (TPSA) is 43.8 Å². The van der Waals surface area contributed by atoms with Gasteiger partial charge in [0, 0.05) is 18.5 Å². The summed E-state index contributed by atoms with van der Waals surface area (Å²) in [6.45, 7) is 5.15. The van der Waals surface area contributed by atoms with E-state index in [1.807, 2.05) is 6.07 Å². The van der Waals surface area contributed by atoms with Gasteiger partial charge in [0.15, 0.2) is 0 Å². The Hall–Kier alpha value is -1.84. The molecule has 0 amide bonds. The molecule has 3 nitrogen and oxygen atoms in total. The molecule has 0 saturated carbocycles. The van der Waals surface area contributed by atoms with E-state index in [4.69, 9.17) is 5.73 Å². The van der Waals surface area contributed by atoms with Gasteiger partial charge in [0.05, 0.1) is 0 Å². The van der Waals surface area contributed by atoms with Gasteiger partial charge in [0.25, 0.3) is 0 Å². The number of nitrogens with zero attached hydrogens (tertiary/aromatic N) is 2. The Morgan fingerprint density at radius 1 is 1.25 bits per heavy atom. The van der Waals surface area contributed by atoms with E-state index in [2.05, 4.69) is 23.4 Å². The molecule has 0 atom stereocenters. The number of nitrogen functional groups attached to an aromatic ring is 1. The molecule has 0 unspecified atom stereocenters. The number of hydrogen-bond donors (Lipinski definition) is 1. The summed E-state index contributed by atoms with van der Waals surface area (Å²) in [6, 6.07) is 6.45. The second-order valence-electron chi connectivity index (χ2n) is 5.03. The number of benzene rings is 1. The van der Waals surface area contributed by atoms with Gasteiger partial charge in [-0.2, -0.15) is 0 Å². The molecule has 1 heterocycles. The smallest absolute Gasteiger partial charge is 0.131 e. The largest absolute Gasteiger partial charge is 0.383 e. The van der Waals surface area contributed by atoms with Gasteiger partial charge in [-0.15, -0.1) is 0 Å². The van der Waals surface area contributed by atoms with E-state index in [0.29, 0.717) is 11.5 Å². The Morgan fingerprint density at radius 2 is 2.05 bits per heavy atom. The van der Waals surface area contributed by atoms with Gasteiger partial charge in [-0.05, 0) is 25.0 Å². The molecule has 2 N–H and O–H groups in total. The zero-order valence-corrected chi connectivity index (χ0v) is 12.2. The molecule has 0 bridgehead atoms. The SMILES string of the molecule is CCCCn1c(CCC)nc(-c2cccc(F)c2)c1N. The number of anilines is 1. The summed E-state index contributed by atoms with van der Waals surface area (Å²) in [6.07, 6.45) is 4.09. The minimum absolute atomic E-state index is 0.262. The van der Waals surface area contributed by atoms with Crippen molar-refractivity contribution in [2.75, 3.05) is 5.73 Å². The summed E-state index contributed by atoms with van der Waals surface area (Å²) in [4.78, 5) is 4.64. The maximum atomic E-state index is 13.4. The molecule has 1 aromatic carbocycles. The molecule has 0 spiro atoms. The molecule has 2 rings (SSSR count). The second kappa shape index (κ2) is 6.55. The van der Waals surface area contributed by atoms with Crippen LogP contribution in [0.25, 0.3) is 11.3 Å². The number of nitrogens with two attached hydrogens (primary N) is 1. The highest BCUT2D eigenvalue weighted by molar-refractivity contribution is 5.71. The molecular weight excluding hydrogens is 253 g/mol. The number of aromatic nitrogens is 2. The van der Waals surface area contributed by atoms with Crippen LogP contribution in [0.4, 0.5) is 10.2 Å². The van der Waals surface area contributed by atoms with E-state index in [1.54, 1.807) is 6.07 Å². The Kier molecular flexibility index (Phi) is 4.77. The summed E-state index contributed by atoms with van der Waals surface area (Å²) in [5, 5.41) is 0. The van der Waals surface area contributed by atoms with Crippen molar-refractivity contribution < 1.29 is 4.39 Å². The minimum atomic E-state index is -0.262. The predicted octanol–water partition coefficient (Wildman–Crippen LogP) is 4.02. The molecule has 0 radical (unpaired) electrons. The lowest BCUT2D eigenvalue weighted by Gasteiger charge is -2.08. The minimum Gasteiger partial charge on any atom is -0.383 e. The summed E-state index contributed by atoms with van der Waals surface area (Å²) in [5.41, 5.74) is 7.68. The van der Waals surface area contributed by atoms with Crippen LogP contribution in [0.2, 0.25) is 0 Å². The van der Waals surface area contributed by atoms with E-state index in [-0.39, 0.29) is 5.82 Å². The van der Waals surface area contributed by atoms with Gasteiger partial charge in [-0.25, -0.2) is 9.37 Å². The Balaban J connectivity index is 2.43. The maximum Gasteiger partial charge on any atom is 0.131 e.